The summed E-state index contributed by atoms with van der Waals surface area (Å²) in [6, 6.07) is 6.88. The zero-order chi connectivity index (χ0) is 13.4. The summed E-state index contributed by atoms with van der Waals surface area (Å²) in [6.07, 6.45) is 3.27. The van der Waals surface area contributed by atoms with Gasteiger partial charge < -0.3 is 4.90 Å². The van der Waals surface area contributed by atoms with E-state index in [-0.39, 0.29) is 10.6 Å². The standard InChI is InChI=1S/C14H22N2O2/c1-3-11-15(4-2)12-5-6-13-7-9-14(10-8-13)16(17)18/h7-10H,3-6,11-12H2,1-2H3. The van der Waals surface area contributed by atoms with Gasteiger partial charge in [-0.05, 0) is 44.5 Å². The van der Waals surface area contributed by atoms with Crippen molar-refractivity contribution in [3.05, 3.63) is 39.9 Å². The van der Waals surface area contributed by atoms with Crippen molar-refractivity contribution in [2.45, 2.75) is 33.1 Å². The smallest absolute Gasteiger partial charge is 0.269 e. The van der Waals surface area contributed by atoms with Gasteiger partial charge in [0.1, 0.15) is 0 Å². The lowest BCUT2D eigenvalue weighted by Crippen LogP contribution is -2.25. The molecule has 0 saturated carbocycles. The molecule has 18 heavy (non-hydrogen) atoms. The third-order valence-electron chi connectivity index (χ3n) is 3.07. The van der Waals surface area contributed by atoms with Gasteiger partial charge >= 0.3 is 0 Å². The third kappa shape index (κ3) is 4.84. The summed E-state index contributed by atoms with van der Waals surface area (Å²) in [5, 5.41) is 10.5. The summed E-state index contributed by atoms with van der Waals surface area (Å²) in [6.45, 7) is 7.71. The van der Waals surface area contributed by atoms with E-state index >= 15 is 0 Å². The van der Waals surface area contributed by atoms with Crippen molar-refractivity contribution < 1.29 is 4.92 Å². The van der Waals surface area contributed by atoms with Crippen molar-refractivity contribution in [3.8, 4) is 0 Å². The van der Waals surface area contributed by atoms with E-state index in [0.717, 1.165) is 32.5 Å². The minimum atomic E-state index is -0.357. The molecule has 0 aliphatic carbocycles. The quantitative estimate of drug-likeness (QED) is 0.525. The van der Waals surface area contributed by atoms with Crippen LogP contribution < -0.4 is 0 Å². The molecule has 0 aliphatic rings. The molecule has 1 aromatic rings. The van der Waals surface area contributed by atoms with Gasteiger partial charge in [0, 0.05) is 12.1 Å². The topological polar surface area (TPSA) is 46.4 Å². The third-order valence-corrected chi connectivity index (χ3v) is 3.07. The molecule has 0 N–H and O–H groups in total. The number of benzene rings is 1. The molecule has 1 rings (SSSR count). The van der Waals surface area contributed by atoms with E-state index in [2.05, 4.69) is 18.7 Å². The van der Waals surface area contributed by atoms with Gasteiger partial charge in [-0.1, -0.05) is 26.0 Å². The second kappa shape index (κ2) is 7.82. The van der Waals surface area contributed by atoms with E-state index in [9.17, 15) is 10.1 Å². The summed E-state index contributed by atoms with van der Waals surface area (Å²) in [7, 11) is 0. The first-order valence-electron chi connectivity index (χ1n) is 6.63. The van der Waals surface area contributed by atoms with Gasteiger partial charge in [0.05, 0.1) is 4.92 Å². The number of rotatable bonds is 8. The van der Waals surface area contributed by atoms with Crippen LogP contribution >= 0.6 is 0 Å². The van der Waals surface area contributed by atoms with Crippen molar-refractivity contribution in [2.75, 3.05) is 19.6 Å². The van der Waals surface area contributed by atoms with E-state index in [1.807, 2.05) is 12.1 Å². The van der Waals surface area contributed by atoms with Gasteiger partial charge in [-0.25, -0.2) is 0 Å². The Balaban J connectivity index is 2.37. The summed E-state index contributed by atoms with van der Waals surface area (Å²) < 4.78 is 0. The van der Waals surface area contributed by atoms with Gasteiger partial charge in [0.2, 0.25) is 0 Å². The Morgan fingerprint density at radius 2 is 1.83 bits per heavy atom. The maximum Gasteiger partial charge on any atom is 0.269 e. The molecule has 4 nitrogen and oxygen atoms in total. The van der Waals surface area contributed by atoms with Crippen molar-refractivity contribution in [1.29, 1.82) is 0 Å². The predicted octanol–water partition coefficient (Wildman–Crippen LogP) is 3.26. The highest BCUT2D eigenvalue weighted by atomic mass is 16.6. The average molecular weight is 250 g/mol. The summed E-state index contributed by atoms with van der Waals surface area (Å²) in [5.41, 5.74) is 1.34. The predicted molar refractivity (Wildman–Crippen MR) is 73.8 cm³/mol. The Morgan fingerprint density at radius 1 is 1.17 bits per heavy atom. The molecule has 0 fully saturated rings. The van der Waals surface area contributed by atoms with Gasteiger partial charge in [-0.2, -0.15) is 0 Å². The lowest BCUT2D eigenvalue weighted by atomic mass is 10.1. The fourth-order valence-electron chi connectivity index (χ4n) is 2.04. The molecule has 4 heteroatoms. The van der Waals surface area contributed by atoms with Crippen LogP contribution in [-0.4, -0.2) is 29.5 Å². The number of hydrogen-bond acceptors (Lipinski definition) is 3. The second-order valence-electron chi connectivity index (χ2n) is 4.46. The number of nitrogens with zero attached hydrogens (tertiary/aromatic N) is 2. The van der Waals surface area contributed by atoms with Crippen molar-refractivity contribution in [2.24, 2.45) is 0 Å². The number of non-ortho nitro benzene ring substituents is 1. The zero-order valence-corrected chi connectivity index (χ0v) is 11.3. The van der Waals surface area contributed by atoms with Crippen molar-refractivity contribution in [3.63, 3.8) is 0 Å². The number of nitro benzene ring substituents is 1. The highest BCUT2D eigenvalue weighted by molar-refractivity contribution is 5.32. The van der Waals surface area contributed by atoms with Crippen LogP contribution in [-0.2, 0) is 6.42 Å². The normalized spacial score (nSPS) is 10.8. The van der Waals surface area contributed by atoms with Crippen LogP contribution in [0, 0.1) is 10.1 Å². The Hall–Kier alpha value is -1.42. The van der Waals surface area contributed by atoms with Crippen LogP contribution in [0.1, 0.15) is 32.3 Å². The highest BCUT2D eigenvalue weighted by Gasteiger charge is 2.04. The van der Waals surface area contributed by atoms with E-state index in [0.29, 0.717) is 0 Å². The summed E-state index contributed by atoms with van der Waals surface area (Å²) in [4.78, 5) is 12.6. The Labute approximate surface area is 109 Å². The molecule has 100 valence electrons. The lowest BCUT2D eigenvalue weighted by Gasteiger charge is -2.19. The van der Waals surface area contributed by atoms with E-state index in [1.165, 1.54) is 12.0 Å². The molecule has 0 aromatic heterocycles. The Kier molecular flexibility index (Phi) is 6.36. The second-order valence-corrected chi connectivity index (χ2v) is 4.46. The van der Waals surface area contributed by atoms with Gasteiger partial charge in [-0.15, -0.1) is 0 Å². The highest BCUT2D eigenvalue weighted by Crippen LogP contribution is 2.13. The Bertz CT molecular complexity index is 363. The molecule has 0 unspecified atom stereocenters. The number of hydrogen-bond donors (Lipinski definition) is 0. The van der Waals surface area contributed by atoms with E-state index in [4.69, 9.17) is 0 Å². The molecule has 0 saturated heterocycles. The molecule has 0 radical (unpaired) electrons. The van der Waals surface area contributed by atoms with Crippen LogP contribution in [0.2, 0.25) is 0 Å². The van der Waals surface area contributed by atoms with Gasteiger partial charge in [-0.3, -0.25) is 10.1 Å². The lowest BCUT2D eigenvalue weighted by molar-refractivity contribution is -0.384. The minimum Gasteiger partial charge on any atom is -0.304 e. The van der Waals surface area contributed by atoms with Crippen LogP contribution in [0.5, 0.6) is 0 Å². The first kappa shape index (κ1) is 14.6. The molecule has 0 atom stereocenters. The molecular formula is C14H22N2O2. The van der Waals surface area contributed by atoms with E-state index < -0.39 is 0 Å². The average Bonchev–Trinajstić information content (AvgIpc) is 2.38. The maximum absolute atomic E-state index is 10.5. The van der Waals surface area contributed by atoms with Crippen molar-refractivity contribution >= 4 is 5.69 Å². The summed E-state index contributed by atoms with van der Waals surface area (Å²) in [5.74, 6) is 0. The first-order chi connectivity index (χ1) is 8.67. The minimum absolute atomic E-state index is 0.167. The molecule has 0 amide bonds. The molecule has 0 heterocycles. The van der Waals surface area contributed by atoms with E-state index in [1.54, 1.807) is 12.1 Å². The fourth-order valence-corrected chi connectivity index (χ4v) is 2.04. The summed E-state index contributed by atoms with van der Waals surface area (Å²) >= 11 is 0. The SMILES string of the molecule is CCCN(CC)CCCc1ccc([N+](=O)[O-])cc1. The number of aryl methyl sites for hydroxylation is 1. The zero-order valence-electron chi connectivity index (χ0n) is 11.3. The van der Waals surface area contributed by atoms with Crippen LogP contribution in [0.15, 0.2) is 24.3 Å². The number of nitro groups is 1. The monoisotopic (exact) mass is 250 g/mol. The molecule has 0 bridgehead atoms. The van der Waals surface area contributed by atoms with Crippen LogP contribution in [0.4, 0.5) is 5.69 Å². The first-order valence-corrected chi connectivity index (χ1v) is 6.63. The van der Waals surface area contributed by atoms with Crippen molar-refractivity contribution in [1.82, 2.24) is 4.90 Å². The van der Waals surface area contributed by atoms with Gasteiger partial charge in [0.15, 0.2) is 0 Å². The molecule has 1 aromatic carbocycles. The molecular weight excluding hydrogens is 228 g/mol. The largest absolute Gasteiger partial charge is 0.304 e. The van der Waals surface area contributed by atoms with Gasteiger partial charge in [0.25, 0.3) is 5.69 Å². The maximum atomic E-state index is 10.5. The molecule has 0 spiro atoms. The van der Waals surface area contributed by atoms with Crippen LogP contribution in [0.25, 0.3) is 0 Å². The van der Waals surface area contributed by atoms with Crippen LogP contribution in [0.3, 0.4) is 0 Å². The molecule has 0 aliphatic heterocycles. The fraction of sp³-hybridized carbons (Fsp3) is 0.571. The Morgan fingerprint density at radius 3 is 2.33 bits per heavy atom.